The van der Waals surface area contributed by atoms with Crippen LogP contribution in [0.25, 0.3) is 0 Å². The molecule has 1 amide bonds. The van der Waals surface area contributed by atoms with Crippen molar-refractivity contribution in [1.82, 2.24) is 10.2 Å². The van der Waals surface area contributed by atoms with Crippen LogP contribution in [-0.2, 0) is 9.53 Å². The number of nitro benzene ring substituents is 1. The average molecular weight is 378 g/mol. The largest absolute Gasteiger partial charge is 0.465 e. The number of carbonyl (C=O) groups excluding carboxylic acids is 2. The van der Waals surface area contributed by atoms with E-state index in [9.17, 15) is 19.7 Å². The van der Waals surface area contributed by atoms with E-state index < -0.39 is 10.9 Å². The van der Waals surface area contributed by atoms with Gasteiger partial charge in [-0.15, -0.1) is 0 Å². The third kappa shape index (κ3) is 5.40. The fraction of sp³-hybridized carbons (Fsp3) is 0.556. The van der Waals surface area contributed by atoms with Crippen LogP contribution in [0.4, 0.5) is 11.4 Å². The number of methoxy groups -OCH3 is 1. The van der Waals surface area contributed by atoms with Crippen molar-refractivity contribution in [2.24, 2.45) is 0 Å². The molecular formula is C18H26N4O5. The maximum absolute atomic E-state index is 12.1. The Labute approximate surface area is 158 Å². The van der Waals surface area contributed by atoms with Gasteiger partial charge in [0.2, 0.25) is 5.91 Å². The number of esters is 1. The standard InChI is InChI=1S/C18H26N4O5/c1-4-13(2)19-17(23)12-20-7-9-21(10-8-20)16-6-5-14(22(25)26)11-15(16)18(24)27-3/h5-6,11,13H,4,7-10,12H2,1-3H3,(H,19,23). The lowest BCUT2D eigenvalue weighted by Crippen LogP contribution is -2.50. The van der Waals surface area contributed by atoms with Gasteiger partial charge in [-0.2, -0.15) is 0 Å². The fourth-order valence-corrected chi connectivity index (χ4v) is 2.96. The Morgan fingerprint density at radius 3 is 2.52 bits per heavy atom. The van der Waals surface area contributed by atoms with Crippen LogP contribution in [0, 0.1) is 10.1 Å². The highest BCUT2D eigenvalue weighted by molar-refractivity contribution is 5.96. The molecule has 0 radical (unpaired) electrons. The number of benzene rings is 1. The number of ether oxygens (including phenoxy) is 1. The fourth-order valence-electron chi connectivity index (χ4n) is 2.96. The summed E-state index contributed by atoms with van der Waals surface area (Å²) in [6.45, 7) is 6.86. The molecule has 1 unspecified atom stereocenters. The minimum absolute atomic E-state index is 0.00313. The van der Waals surface area contributed by atoms with Gasteiger partial charge in [0.25, 0.3) is 5.69 Å². The highest BCUT2D eigenvalue weighted by atomic mass is 16.6. The first-order chi connectivity index (χ1) is 12.8. The Morgan fingerprint density at radius 2 is 1.96 bits per heavy atom. The minimum Gasteiger partial charge on any atom is -0.465 e. The Kier molecular flexibility index (Phi) is 7.12. The highest BCUT2D eigenvalue weighted by Gasteiger charge is 2.25. The molecule has 1 aromatic carbocycles. The van der Waals surface area contributed by atoms with Crippen LogP contribution >= 0.6 is 0 Å². The first kappa shape index (κ1) is 20.6. The molecule has 1 aliphatic rings. The molecule has 0 aliphatic carbocycles. The summed E-state index contributed by atoms with van der Waals surface area (Å²) in [6, 6.07) is 4.36. The predicted molar refractivity (Wildman–Crippen MR) is 101 cm³/mol. The lowest BCUT2D eigenvalue weighted by Gasteiger charge is -2.36. The highest BCUT2D eigenvalue weighted by Crippen LogP contribution is 2.27. The van der Waals surface area contributed by atoms with Crippen LogP contribution in [0.5, 0.6) is 0 Å². The van der Waals surface area contributed by atoms with Gasteiger partial charge >= 0.3 is 5.97 Å². The molecule has 1 saturated heterocycles. The lowest BCUT2D eigenvalue weighted by molar-refractivity contribution is -0.384. The summed E-state index contributed by atoms with van der Waals surface area (Å²) in [5.41, 5.74) is 0.630. The van der Waals surface area contributed by atoms with E-state index in [0.717, 1.165) is 6.42 Å². The maximum atomic E-state index is 12.1. The monoisotopic (exact) mass is 378 g/mol. The average Bonchev–Trinajstić information content (AvgIpc) is 2.67. The molecule has 1 heterocycles. The van der Waals surface area contributed by atoms with E-state index in [4.69, 9.17) is 4.74 Å². The van der Waals surface area contributed by atoms with Gasteiger partial charge < -0.3 is 15.0 Å². The van der Waals surface area contributed by atoms with E-state index in [1.54, 1.807) is 6.07 Å². The molecule has 1 N–H and O–H groups in total. The SMILES string of the molecule is CCC(C)NC(=O)CN1CCN(c2ccc([N+](=O)[O-])cc2C(=O)OC)CC1. The number of rotatable bonds is 7. The minimum atomic E-state index is -0.607. The number of amides is 1. The second-order valence-corrected chi connectivity index (χ2v) is 6.59. The van der Waals surface area contributed by atoms with Gasteiger partial charge in [-0.1, -0.05) is 6.92 Å². The molecule has 0 aromatic heterocycles. The summed E-state index contributed by atoms with van der Waals surface area (Å²) in [4.78, 5) is 38.6. The zero-order valence-electron chi connectivity index (χ0n) is 15.9. The van der Waals surface area contributed by atoms with Gasteiger partial charge in [0.1, 0.15) is 0 Å². The smallest absolute Gasteiger partial charge is 0.340 e. The molecule has 9 nitrogen and oxygen atoms in total. The topological polar surface area (TPSA) is 105 Å². The van der Waals surface area contributed by atoms with Crippen molar-refractivity contribution in [1.29, 1.82) is 0 Å². The number of hydrogen-bond acceptors (Lipinski definition) is 7. The molecule has 1 atom stereocenters. The summed E-state index contributed by atoms with van der Waals surface area (Å²) in [6.07, 6.45) is 0.885. The van der Waals surface area contributed by atoms with Gasteiger partial charge in [-0.25, -0.2) is 4.79 Å². The second-order valence-electron chi connectivity index (χ2n) is 6.59. The number of non-ortho nitro benzene ring substituents is 1. The molecule has 148 valence electrons. The molecule has 0 spiro atoms. The van der Waals surface area contributed by atoms with Crippen molar-refractivity contribution < 1.29 is 19.2 Å². The summed E-state index contributed by atoms with van der Waals surface area (Å²) < 4.78 is 4.77. The second kappa shape index (κ2) is 9.31. The summed E-state index contributed by atoms with van der Waals surface area (Å²) >= 11 is 0. The summed E-state index contributed by atoms with van der Waals surface area (Å²) in [5.74, 6) is -0.604. The predicted octanol–water partition coefficient (Wildman–Crippen LogP) is 1.42. The van der Waals surface area contributed by atoms with Gasteiger partial charge in [0.05, 0.1) is 29.8 Å². The number of anilines is 1. The number of nitro groups is 1. The number of nitrogens with zero attached hydrogens (tertiary/aromatic N) is 3. The van der Waals surface area contributed by atoms with Crippen LogP contribution in [0.1, 0.15) is 30.6 Å². The van der Waals surface area contributed by atoms with Crippen molar-refractivity contribution in [3.05, 3.63) is 33.9 Å². The van der Waals surface area contributed by atoms with Crippen LogP contribution < -0.4 is 10.2 Å². The van der Waals surface area contributed by atoms with E-state index in [2.05, 4.69) is 10.2 Å². The van der Waals surface area contributed by atoms with Crippen LogP contribution in [0.15, 0.2) is 18.2 Å². The molecular weight excluding hydrogens is 352 g/mol. The zero-order chi connectivity index (χ0) is 20.0. The van der Waals surface area contributed by atoms with Crippen molar-refractivity contribution in [2.45, 2.75) is 26.3 Å². The molecule has 1 aromatic rings. The molecule has 1 fully saturated rings. The maximum Gasteiger partial charge on any atom is 0.340 e. The molecule has 1 aliphatic heterocycles. The third-order valence-corrected chi connectivity index (χ3v) is 4.70. The van der Waals surface area contributed by atoms with Crippen LogP contribution in [0.3, 0.4) is 0 Å². The summed E-state index contributed by atoms with van der Waals surface area (Å²) in [7, 11) is 1.25. The molecule has 0 saturated carbocycles. The van der Waals surface area contributed by atoms with Gasteiger partial charge in [0.15, 0.2) is 0 Å². The van der Waals surface area contributed by atoms with Gasteiger partial charge in [-0.05, 0) is 19.4 Å². The van der Waals surface area contributed by atoms with Gasteiger partial charge in [0, 0.05) is 44.4 Å². The molecule has 27 heavy (non-hydrogen) atoms. The van der Waals surface area contributed by atoms with Gasteiger partial charge in [-0.3, -0.25) is 19.8 Å². The van der Waals surface area contributed by atoms with Crippen molar-refractivity contribution in [3.63, 3.8) is 0 Å². The first-order valence-electron chi connectivity index (χ1n) is 8.99. The first-order valence-corrected chi connectivity index (χ1v) is 8.99. The number of carbonyl (C=O) groups is 2. The quantitative estimate of drug-likeness (QED) is 0.434. The number of nitrogens with one attached hydrogen (secondary N) is 1. The Bertz CT molecular complexity index is 701. The normalized spacial score (nSPS) is 15.9. The van der Waals surface area contributed by atoms with E-state index in [1.807, 2.05) is 18.7 Å². The lowest BCUT2D eigenvalue weighted by atomic mass is 10.1. The van der Waals surface area contributed by atoms with Crippen molar-refractivity contribution >= 4 is 23.3 Å². The van der Waals surface area contributed by atoms with E-state index in [-0.39, 0.29) is 23.2 Å². The zero-order valence-corrected chi connectivity index (χ0v) is 15.9. The van der Waals surface area contributed by atoms with E-state index in [1.165, 1.54) is 19.2 Å². The number of piperazine rings is 1. The van der Waals surface area contributed by atoms with Crippen LogP contribution in [0.2, 0.25) is 0 Å². The van der Waals surface area contributed by atoms with E-state index in [0.29, 0.717) is 38.4 Å². The number of hydrogen-bond donors (Lipinski definition) is 1. The van der Waals surface area contributed by atoms with E-state index >= 15 is 0 Å². The summed E-state index contributed by atoms with van der Waals surface area (Å²) in [5, 5.41) is 13.9. The molecule has 9 heteroatoms. The Morgan fingerprint density at radius 1 is 1.30 bits per heavy atom. The molecule has 0 bridgehead atoms. The van der Waals surface area contributed by atoms with Crippen molar-refractivity contribution in [2.75, 3.05) is 44.7 Å². The Hall–Kier alpha value is -2.68. The molecule has 2 rings (SSSR count). The van der Waals surface area contributed by atoms with Crippen LogP contribution in [-0.4, -0.2) is 67.6 Å². The Balaban J connectivity index is 2.04. The third-order valence-electron chi connectivity index (χ3n) is 4.70. The van der Waals surface area contributed by atoms with Crippen molar-refractivity contribution in [3.8, 4) is 0 Å².